The lowest BCUT2D eigenvalue weighted by atomic mass is 9.95. The van der Waals surface area contributed by atoms with E-state index in [9.17, 15) is 14.4 Å². The number of carbonyl (C=O) groups is 3. The number of carboxylic acid groups (broad SMARTS) is 1. The number of likely N-dealkylation sites (tertiary alicyclic amines) is 1. The first-order chi connectivity index (χ1) is 9.73. The molecule has 1 N–H and O–H groups in total. The molecule has 1 fully saturated rings. The summed E-state index contributed by atoms with van der Waals surface area (Å²) in [6, 6.07) is -0.162. The number of hydrogen-bond acceptors (Lipinski definition) is 3. The SMILES string of the molecule is CC(C)C(=O)N1CCCC(C(=O)N(CC(=O)O)C(C)C)C1. The van der Waals surface area contributed by atoms with Gasteiger partial charge < -0.3 is 14.9 Å². The predicted molar refractivity (Wildman–Crippen MR) is 78.6 cm³/mol. The number of carboxylic acids is 1. The fraction of sp³-hybridized carbons (Fsp3) is 0.800. The second-order valence-corrected chi connectivity index (χ2v) is 6.23. The van der Waals surface area contributed by atoms with E-state index in [0.29, 0.717) is 19.5 Å². The van der Waals surface area contributed by atoms with Crippen molar-refractivity contribution in [2.24, 2.45) is 11.8 Å². The summed E-state index contributed by atoms with van der Waals surface area (Å²) in [6.07, 6.45) is 1.50. The molecule has 1 aliphatic rings. The molecule has 0 spiro atoms. The monoisotopic (exact) mass is 298 g/mol. The van der Waals surface area contributed by atoms with E-state index in [2.05, 4.69) is 0 Å². The van der Waals surface area contributed by atoms with Gasteiger partial charge in [-0.15, -0.1) is 0 Å². The third-order valence-electron chi connectivity index (χ3n) is 3.79. The molecule has 6 nitrogen and oxygen atoms in total. The quantitative estimate of drug-likeness (QED) is 0.827. The van der Waals surface area contributed by atoms with Crippen molar-refractivity contribution in [1.29, 1.82) is 0 Å². The molecule has 0 bridgehead atoms. The Hall–Kier alpha value is -1.59. The van der Waals surface area contributed by atoms with Gasteiger partial charge in [-0.1, -0.05) is 13.8 Å². The number of carbonyl (C=O) groups excluding carboxylic acids is 2. The Bertz CT molecular complexity index is 406. The zero-order chi connectivity index (χ0) is 16.2. The second kappa shape index (κ2) is 7.43. The summed E-state index contributed by atoms with van der Waals surface area (Å²) >= 11 is 0. The molecule has 0 saturated carbocycles. The van der Waals surface area contributed by atoms with Crippen LogP contribution in [0.4, 0.5) is 0 Å². The van der Waals surface area contributed by atoms with E-state index in [4.69, 9.17) is 5.11 Å². The maximum absolute atomic E-state index is 12.5. The van der Waals surface area contributed by atoms with Crippen LogP contribution in [0.3, 0.4) is 0 Å². The molecule has 1 heterocycles. The summed E-state index contributed by atoms with van der Waals surface area (Å²) in [5.41, 5.74) is 0. The van der Waals surface area contributed by atoms with Crippen molar-refractivity contribution in [1.82, 2.24) is 9.80 Å². The van der Waals surface area contributed by atoms with Gasteiger partial charge in [0.15, 0.2) is 0 Å². The zero-order valence-electron chi connectivity index (χ0n) is 13.3. The van der Waals surface area contributed by atoms with Gasteiger partial charge in [0.25, 0.3) is 0 Å². The van der Waals surface area contributed by atoms with E-state index in [0.717, 1.165) is 6.42 Å². The standard InChI is InChI=1S/C15H26N2O4/c1-10(2)14(20)16-7-5-6-12(8-16)15(21)17(11(3)4)9-13(18)19/h10-12H,5-9H2,1-4H3,(H,18,19). The number of amides is 2. The Labute approximate surface area is 126 Å². The third kappa shape index (κ3) is 4.72. The van der Waals surface area contributed by atoms with Crippen molar-refractivity contribution in [2.75, 3.05) is 19.6 Å². The Kier molecular flexibility index (Phi) is 6.18. The van der Waals surface area contributed by atoms with Crippen LogP contribution in [0, 0.1) is 11.8 Å². The van der Waals surface area contributed by atoms with Gasteiger partial charge in [0, 0.05) is 25.0 Å². The van der Waals surface area contributed by atoms with Crippen LogP contribution in [0.25, 0.3) is 0 Å². The zero-order valence-corrected chi connectivity index (χ0v) is 13.3. The number of piperidine rings is 1. The number of rotatable bonds is 5. The predicted octanol–water partition coefficient (Wildman–Crippen LogP) is 1.20. The summed E-state index contributed by atoms with van der Waals surface area (Å²) in [4.78, 5) is 38.6. The van der Waals surface area contributed by atoms with Gasteiger partial charge in [0.05, 0.1) is 5.92 Å². The van der Waals surface area contributed by atoms with Gasteiger partial charge in [-0.05, 0) is 26.7 Å². The summed E-state index contributed by atoms with van der Waals surface area (Å²) in [5.74, 6) is -1.49. The van der Waals surface area contributed by atoms with E-state index in [1.165, 1.54) is 4.90 Å². The Morgan fingerprint density at radius 3 is 2.33 bits per heavy atom. The van der Waals surface area contributed by atoms with Crippen LogP contribution in [-0.4, -0.2) is 58.4 Å². The highest BCUT2D eigenvalue weighted by atomic mass is 16.4. The maximum Gasteiger partial charge on any atom is 0.323 e. The highest BCUT2D eigenvalue weighted by Crippen LogP contribution is 2.21. The van der Waals surface area contributed by atoms with Gasteiger partial charge in [-0.25, -0.2) is 0 Å². The summed E-state index contributed by atoms with van der Waals surface area (Å²) in [7, 11) is 0. The highest BCUT2D eigenvalue weighted by Gasteiger charge is 2.33. The molecule has 0 aliphatic carbocycles. The van der Waals surface area contributed by atoms with Crippen LogP contribution < -0.4 is 0 Å². The number of nitrogens with zero attached hydrogens (tertiary/aromatic N) is 2. The van der Waals surface area contributed by atoms with Gasteiger partial charge in [0.1, 0.15) is 6.54 Å². The lowest BCUT2D eigenvalue weighted by molar-refractivity contribution is -0.150. The Morgan fingerprint density at radius 2 is 1.86 bits per heavy atom. The lowest BCUT2D eigenvalue weighted by Gasteiger charge is -2.36. The topological polar surface area (TPSA) is 77.9 Å². The van der Waals surface area contributed by atoms with Crippen LogP contribution >= 0.6 is 0 Å². The Morgan fingerprint density at radius 1 is 1.24 bits per heavy atom. The molecule has 0 aromatic carbocycles. The van der Waals surface area contributed by atoms with Crippen LogP contribution in [0.15, 0.2) is 0 Å². The third-order valence-corrected chi connectivity index (χ3v) is 3.79. The Balaban J connectivity index is 2.76. The van der Waals surface area contributed by atoms with Gasteiger partial charge in [-0.2, -0.15) is 0 Å². The highest BCUT2D eigenvalue weighted by molar-refractivity contribution is 5.85. The van der Waals surface area contributed by atoms with Crippen molar-refractivity contribution >= 4 is 17.8 Å². The minimum Gasteiger partial charge on any atom is -0.480 e. The van der Waals surface area contributed by atoms with E-state index < -0.39 is 5.97 Å². The number of hydrogen-bond donors (Lipinski definition) is 1. The fourth-order valence-corrected chi connectivity index (χ4v) is 2.64. The molecule has 1 aliphatic heterocycles. The van der Waals surface area contributed by atoms with Gasteiger partial charge >= 0.3 is 5.97 Å². The number of aliphatic carboxylic acids is 1. The molecule has 1 atom stereocenters. The first-order valence-electron chi connectivity index (χ1n) is 7.55. The normalized spacial score (nSPS) is 19.0. The molecule has 120 valence electrons. The summed E-state index contributed by atoms with van der Waals surface area (Å²) in [6.45, 7) is 8.10. The van der Waals surface area contributed by atoms with Crippen molar-refractivity contribution in [3.8, 4) is 0 Å². The van der Waals surface area contributed by atoms with Crippen LogP contribution in [0.1, 0.15) is 40.5 Å². The molecular weight excluding hydrogens is 272 g/mol. The van der Waals surface area contributed by atoms with Gasteiger partial charge in [0.2, 0.25) is 11.8 Å². The molecule has 0 aromatic rings. The largest absolute Gasteiger partial charge is 0.480 e. The minimum absolute atomic E-state index is 0.0573. The summed E-state index contributed by atoms with van der Waals surface area (Å²) in [5, 5.41) is 8.93. The van der Waals surface area contributed by atoms with Crippen molar-refractivity contribution in [2.45, 2.75) is 46.6 Å². The minimum atomic E-state index is -1.01. The van der Waals surface area contributed by atoms with Crippen molar-refractivity contribution in [3.63, 3.8) is 0 Å². The molecule has 2 amide bonds. The smallest absolute Gasteiger partial charge is 0.323 e. The first-order valence-corrected chi connectivity index (χ1v) is 7.55. The molecule has 0 aromatic heterocycles. The average Bonchev–Trinajstić information content (AvgIpc) is 2.42. The van der Waals surface area contributed by atoms with Crippen molar-refractivity contribution < 1.29 is 19.5 Å². The van der Waals surface area contributed by atoms with Crippen LogP contribution in [-0.2, 0) is 14.4 Å². The fourth-order valence-electron chi connectivity index (χ4n) is 2.64. The lowest BCUT2D eigenvalue weighted by Crippen LogP contribution is -2.50. The van der Waals surface area contributed by atoms with E-state index >= 15 is 0 Å². The van der Waals surface area contributed by atoms with Crippen LogP contribution in [0.2, 0.25) is 0 Å². The van der Waals surface area contributed by atoms with E-state index in [-0.39, 0.29) is 36.2 Å². The van der Waals surface area contributed by atoms with Gasteiger partial charge in [-0.3, -0.25) is 14.4 Å². The molecule has 1 saturated heterocycles. The molecule has 6 heteroatoms. The van der Waals surface area contributed by atoms with Crippen LogP contribution in [0.5, 0.6) is 0 Å². The molecule has 1 unspecified atom stereocenters. The van der Waals surface area contributed by atoms with E-state index in [1.54, 1.807) is 18.7 Å². The first kappa shape index (κ1) is 17.5. The van der Waals surface area contributed by atoms with E-state index in [1.807, 2.05) is 13.8 Å². The molecule has 0 radical (unpaired) electrons. The molecular formula is C15H26N2O4. The average molecular weight is 298 g/mol. The maximum atomic E-state index is 12.5. The van der Waals surface area contributed by atoms with Crippen molar-refractivity contribution in [3.05, 3.63) is 0 Å². The second-order valence-electron chi connectivity index (χ2n) is 6.23. The summed E-state index contributed by atoms with van der Waals surface area (Å²) < 4.78 is 0. The molecule has 1 rings (SSSR count). The molecule has 21 heavy (non-hydrogen) atoms.